The molecule has 0 aliphatic carbocycles. The molecule has 39 heavy (non-hydrogen) atoms. The Bertz CT molecular complexity index is 1490. The van der Waals surface area contributed by atoms with Crippen LogP contribution in [-0.4, -0.2) is 47.9 Å². The van der Waals surface area contributed by atoms with Crippen LogP contribution in [0.4, 0.5) is 18.9 Å². The van der Waals surface area contributed by atoms with E-state index in [4.69, 9.17) is 9.84 Å². The number of hydrogen-bond acceptors (Lipinski definition) is 4. The summed E-state index contributed by atoms with van der Waals surface area (Å²) in [4.78, 5) is 26.7. The Balaban J connectivity index is 1.46. The maximum atomic E-state index is 13.4. The summed E-state index contributed by atoms with van der Waals surface area (Å²) in [6.07, 6.45) is -2.57. The third-order valence-corrected chi connectivity index (χ3v) is 6.79. The first-order valence-electron chi connectivity index (χ1n) is 12.4. The summed E-state index contributed by atoms with van der Waals surface area (Å²) in [5.74, 6) is -1.34. The van der Waals surface area contributed by atoms with E-state index in [2.05, 4.69) is 10.2 Å². The van der Waals surface area contributed by atoms with Gasteiger partial charge in [0, 0.05) is 43.4 Å². The summed E-state index contributed by atoms with van der Waals surface area (Å²) < 4.78 is 46.4. The van der Waals surface area contributed by atoms with Gasteiger partial charge in [0.1, 0.15) is 0 Å². The van der Waals surface area contributed by atoms with Gasteiger partial charge in [-0.05, 0) is 53.6 Å². The number of carboxylic acid groups (broad SMARTS) is 1. The predicted molar refractivity (Wildman–Crippen MR) is 140 cm³/mol. The summed E-state index contributed by atoms with van der Waals surface area (Å²) in [7, 11) is 0. The highest BCUT2D eigenvalue weighted by atomic mass is 19.4. The highest BCUT2D eigenvalue weighted by Crippen LogP contribution is 2.33. The van der Waals surface area contributed by atoms with Gasteiger partial charge in [0.15, 0.2) is 0 Å². The minimum absolute atomic E-state index is 0.159. The molecule has 1 fully saturated rings. The molecule has 10 heteroatoms. The molecule has 1 saturated heterocycles. The number of nitrogens with one attached hydrogen (secondary N) is 1. The molecule has 3 aromatic carbocycles. The van der Waals surface area contributed by atoms with Crippen molar-refractivity contribution in [3.05, 3.63) is 101 Å². The fourth-order valence-electron chi connectivity index (χ4n) is 4.74. The molecule has 1 aromatic heterocycles. The van der Waals surface area contributed by atoms with E-state index in [1.54, 1.807) is 18.2 Å². The van der Waals surface area contributed by atoms with Gasteiger partial charge < -0.3 is 24.6 Å². The first-order valence-corrected chi connectivity index (χ1v) is 12.4. The predicted octanol–water partition coefficient (Wildman–Crippen LogP) is 5.17. The summed E-state index contributed by atoms with van der Waals surface area (Å²) >= 11 is 0. The van der Waals surface area contributed by atoms with E-state index < -0.39 is 17.7 Å². The number of carbonyl (C=O) groups is 2. The van der Waals surface area contributed by atoms with Crippen molar-refractivity contribution in [3.8, 4) is 0 Å². The Morgan fingerprint density at radius 3 is 2.21 bits per heavy atom. The molecular weight excluding hydrogens is 511 g/mol. The average Bonchev–Trinajstić information content (AvgIpc) is 3.35. The van der Waals surface area contributed by atoms with Crippen LogP contribution >= 0.6 is 0 Å². The highest BCUT2D eigenvalue weighted by molar-refractivity contribution is 6.09. The zero-order valence-corrected chi connectivity index (χ0v) is 20.9. The van der Waals surface area contributed by atoms with Crippen LogP contribution in [0.1, 0.15) is 37.4 Å². The van der Waals surface area contributed by atoms with Gasteiger partial charge >= 0.3 is 12.1 Å². The number of morpholine rings is 1. The number of anilines is 1. The van der Waals surface area contributed by atoms with Gasteiger partial charge in [-0.3, -0.25) is 4.79 Å². The first kappa shape index (κ1) is 26.3. The number of halogens is 3. The van der Waals surface area contributed by atoms with Crippen molar-refractivity contribution in [2.45, 2.75) is 19.3 Å². The quantitative estimate of drug-likeness (QED) is 0.340. The average molecular weight is 538 g/mol. The SMILES string of the molecule is O=C(O)c1ccc(CNC(=O)c2ccc(N3CCOCC3)c3ccn(Cc4ccc(C(F)(F)F)cc4)c23)cc1. The zero-order chi connectivity index (χ0) is 27.6. The summed E-state index contributed by atoms with van der Waals surface area (Å²) in [5.41, 5.74) is 2.93. The minimum atomic E-state index is -4.41. The van der Waals surface area contributed by atoms with Crippen LogP contribution in [0.25, 0.3) is 10.9 Å². The minimum Gasteiger partial charge on any atom is -0.478 e. The number of alkyl halides is 3. The molecule has 4 aromatic rings. The molecule has 1 aliphatic rings. The maximum absolute atomic E-state index is 13.4. The van der Waals surface area contributed by atoms with Crippen molar-refractivity contribution >= 4 is 28.5 Å². The van der Waals surface area contributed by atoms with Gasteiger partial charge in [0.2, 0.25) is 0 Å². The molecule has 0 radical (unpaired) electrons. The highest BCUT2D eigenvalue weighted by Gasteiger charge is 2.30. The van der Waals surface area contributed by atoms with Crippen molar-refractivity contribution in [2.24, 2.45) is 0 Å². The second-order valence-corrected chi connectivity index (χ2v) is 9.32. The lowest BCUT2D eigenvalue weighted by atomic mass is 10.1. The second-order valence-electron chi connectivity index (χ2n) is 9.32. The molecule has 0 atom stereocenters. The number of amides is 1. The third-order valence-electron chi connectivity index (χ3n) is 6.79. The molecule has 1 aliphatic heterocycles. The second kappa shape index (κ2) is 10.8. The number of aromatic carboxylic acids is 1. The molecule has 2 heterocycles. The van der Waals surface area contributed by atoms with Crippen molar-refractivity contribution in [3.63, 3.8) is 0 Å². The number of nitrogens with zero attached hydrogens (tertiary/aromatic N) is 2. The summed E-state index contributed by atoms with van der Waals surface area (Å²) in [6.45, 7) is 3.08. The number of benzene rings is 3. The monoisotopic (exact) mass is 537 g/mol. The van der Waals surface area contributed by atoms with E-state index in [1.807, 2.05) is 22.9 Å². The van der Waals surface area contributed by atoms with Crippen molar-refractivity contribution in [1.29, 1.82) is 0 Å². The number of rotatable bonds is 7. The molecule has 0 unspecified atom stereocenters. The summed E-state index contributed by atoms with van der Waals surface area (Å²) in [6, 6.07) is 16.9. The van der Waals surface area contributed by atoms with Gasteiger partial charge in [-0.15, -0.1) is 0 Å². The van der Waals surface area contributed by atoms with Gasteiger partial charge in [-0.1, -0.05) is 24.3 Å². The fraction of sp³-hybridized carbons (Fsp3) is 0.241. The normalized spacial score (nSPS) is 14.0. The molecular formula is C29H26F3N3O4. The zero-order valence-electron chi connectivity index (χ0n) is 20.9. The maximum Gasteiger partial charge on any atom is 0.416 e. The molecule has 0 spiro atoms. The number of carbonyl (C=O) groups excluding carboxylic acids is 1. The molecule has 5 rings (SSSR count). The van der Waals surface area contributed by atoms with Crippen molar-refractivity contribution < 1.29 is 32.6 Å². The van der Waals surface area contributed by atoms with E-state index >= 15 is 0 Å². The number of hydrogen-bond donors (Lipinski definition) is 2. The lowest BCUT2D eigenvalue weighted by Crippen LogP contribution is -2.36. The lowest BCUT2D eigenvalue weighted by molar-refractivity contribution is -0.137. The van der Waals surface area contributed by atoms with Crippen LogP contribution < -0.4 is 10.2 Å². The molecule has 202 valence electrons. The van der Waals surface area contributed by atoms with Crippen LogP contribution in [-0.2, 0) is 24.0 Å². The third kappa shape index (κ3) is 5.75. The van der Waals surface area contributed by atoms with Crippen molar-refractivity contribution in [1.82, 2.24) is 9.88 Å². The Labute approximate surface area is 222 Å². The van der Waals surface area contributed by atoms with Crippen LogP contribution in [0, 0.1) is 0 Å². The number of aromatic nitrogens is 1. The Morgan fingerprint density at radius 1 is 0.897 bits per heavy atom. The number of carboxylic acids is 1. The van der Waals surface area contributed by atoms with E-state index in [9.17, 15) is 22.8 Å². The Morgan fingerprint density at radius 2 is 1.56 bits per heavy atom. The summed E-state index contributed by atoms with van der Waals surface area (Å²) in [5, 5.41) is 12.9. The first-order chi connectivity index (χ1) is 18.7. The van der Waals surface area contributed by atoms with E-state index in [0.29, 0.717) is 42.9 Å². The van der Waals surface area contributed by atoms with Gasteiger partial charge in [-0.2, -0.15) is 13.2 Å². The van der Waals surface area contributed by atoms with Crippen LogP contribution in [0.5, 0.6) is 0 Å². The Hall–Kier alpha value is -4.31. The largest absolute Gasteiger partial charge is 0.478 e. The van der Waals surface area contributed by atoms with Crippen LogP contribution in [0.2, 0.25) is 0 Å². The fourth-order valence-corrected chi connectivity index (χ4v) is 4.74. The van der Waals surface area contributed by atoms with Crippen molar-refractivity contribution in [2.75, 3.05) is 31.2 Å². The van der Waals surface area contributed by atoms with Gasteiger partial charge in [0.05, 0.1) is 35.4 Å². The number of fused-ring (bicyclic) bond motifs is 1. The van der Waals surface area contributed by atoms with E-state index in [-0.39, 0.29) is 24.6 Å². The lowest BCUT2D eigenvalue weighted by Gasteiger charge is -2.29. The van der Waals surface area contributed by atoms with Crippen LogP contribution in [0.15, 0.2) is 72.9 Å². The van der Waals surface area contributed by atoms with Gasteiger partial charge in [0.25, 0.3) is 5.91 Å². The topological polar surface area (TPSA) is 83.8 Å². The molecule has 7 nitrogen and oxygen atoms in total. The molecule has 2 N–H and O–H groups in total. The standard InChI is InChI=1S/C29H26F3N3O4/c30-29(31,32)22-7-3-20(4-8-22)18-35-12-11-23-25(34-13-15-39-16-14-34)10-9-24(26(23)35)27(36)33-17-19-1-5-21(6-2-19)28(37)38/h1-12H,13-18H2,(H,33,36)(H,37,38). The smallest absolute Gasteiger partial charge is 0.416 e. The molecule has 1 amide bonds. The van der Waals surface area contributed by atoms with E-state index in [0.717, 1.165) is 28.8 Å². The molecule has 0 bridgehead atoms. The van der Waals surface area contributed by atoms with E-state index in [1.165, 1.54) is 24.3 Å². The van der Waals surface area contributed by atoms with Crippen LogP contribution in [0.3, 0.4) is 0 Å². The van der Waals surface area contributed by atoms with Gasteiger partial charge in [-0.25, -0.2) is 4.79 Å². The molecule has 0 saturated carbocycles. The number of ether oxygens (including phenoxy) is 1. The Kier molecular flexibility index (Phi) is 7.30.